The summed E-state index contributed by atoms with van der Waals surface area (Å²) in [6.07, 6.45) is 12.6. The van der Waals surface area contributed by atoms with Crippen LogP contribution < -0.4 is 0 Å². The summed E-state index contributed by atoms with van der Waals surface area (Å²) in [5.74, 6) is 0.350. The third kappa shape index (κ3) is 2.15. The first-order valence-corrected chi connectivity index (χ1v) is 9.31. The number of rotatable bonds is 2. The topological polar surface area (TPSA) is 28.5 Å². The molecule has 4 heteroatoms. The van der Waals surface area contributed by atoms with Crippen LogP contribution in [0.1, 0.15) is 22.5 Å². The van der Waals surface area contributed by atoms with Crippen LogP contribution >= 0.6 is 0 Å². The van der Waals surface area contributed by atoms with Gasteiger partial charge in [-0.15, -0.1) is 0 Å². The Bertz CT molecular complexity index is 994. The Hall–Kier alpha value is -2.59. The summed E-state index contributed by atoms with van der Waals surface area (Å²) < 4.78 is 2.20. The van der Waals surface area contributed by atoms with Crippen LogP contribution in [0.3, 0.4) is 0 Å². The van der Waals surface area contributed by atoms with Crippen molar-refractivity contribution in [1.29, 1.82) is 0 Å². The van der Waals surface area contributed by atoms with Gasteiger partial charge in [-0.05, 0) is 24.5 Å². The van der Waals surface area contributed by atoms with Gasteiger partial charge in [0.25, 0.3) is 0 Å². The van der Waals surface area contributed by atoms with Gasteiger partial charge in [0, 0.05) is 54.9 Å². The van der Waals surface area contributed by atoms with E-state index in [-0.39, 0.29) is 12.0 Å². The van der Waals surface area contributed by atoms with Crippen molar-refractivity contribution in [2.45, 2.75) is 18.9 Å². The first-order valence-electron chi connectivity index (χ1n) is 9.31. The van der Waals surface area contributed by atoms with E-state index in [1.54, 1.807) is 0 Å². The van der Waals surface area contributed by atoms with Crippen molar-refractivity contribution in [3.8, 4) is 0 Å². The Morgan fingerprint density at radius 1 is 1.15 bits per heavy atom. The summed E-state index contributed by atoms with van der Waals surface area (Å²) >= 11 is 0. The maximum atomic E-state index is 13.4. The number of hydrogen-bond acceptors (Lipinski definition) is 3. The number of hydrazine groups is 1. The molecule has 1 aromatic heterocycles. The van der Waals surface area contributed by atoms with Crippen molar-refractivity contribution in [3.63, 3.8) is 0 Å². The van der Waals surface area contributed by atoms with Gasteiger partial charge in [0.2, 0.25) is 0 Å². The van der Waals surface area contributed by atoms with Crippen molar-refractivity contribution in [1.82, 2.24) is 14.6 Å². The van der Waals surface area contributed by atoms with Crippen LogP contribution in [-0.2, 0) is 13.5 Å². The fourth-order valence-electron chi connectivity index (χ4n) is 4.72. The molecule has 2 heterocycles. The van der Waals surface area contributed by atoms with Crippen molar-refractivity contribution in [2.24, 2.45) is 13.0 Å². The molecule has 0 saturated heterocycles. The highest BCUT2D eigenvalue weighted by Gasteiger charge is 2.37. The predicted octanol–water partition coefficient (Wildman–Crippen LogP) is 3.46. The lowest BCUT2D eigenvalue weighted by Gasteiger charge is -2.34. The number of hydrogen-bond donors (Lipinski definition) is 0. The van der Waals surface area contributed by atoms with E-state index in [0.29, 0.717) is 5.78 Å². The number of fused-ring (bicyclic) bond motifs is 4. The molecule has 0 radical (unpaired) electrons. The molecule has 1 aliphatic heterocycles. The van der Waals surface area contributed by atoms with Crippen LogP contribution in [0, 0.1) is 5.92 Å². The van der Waals surface area contributed by atoms with Crippen molar-refractivity contribution >= 4 is 16.7 Å². The quantitative estimate of drug-likeness (QED) is 0.834. The second kappa shape index (κ2) is 5.71. The van der Waals surface area contributed by atoms with Crippen LogP contribution in [-0.4, -0.2) is 40.0 Å². The number of nitrogens with zero attached hydrogens (tertiary/aromatic N) is 3. The number of Topliss-reactive ketones (excluding diaryl/α,β-unsaturated/α-hetero) is 1. The molecule has 3 aliphatic rings. The summed E-state index contributed by atoms with van der Waals surface area (Å²) in [5, 5.41) is 5.56. The number of aromatic nitrogens is 1. The Morgan fingerprint density at radius 2 is 2.00 bits per heavy atom. The van der Waals surface area contributed by atoms with Gasteiger partial charge in [0.05, 0.1) is 6.04 Å². The minimum absolute atomic E-state index is 0.0443. The Kier molecular flexibility index (Phi) is 3.44. The van der Waals surface area contributed by atoms with Gasteiger partial charge in [-0.3, -0.25) is 4.79 Å². The lowest BCUT2D eigenvalue weighted by Crippen LogP contribution is -2.44. The summed E-state index contributed by atoms with van der Waals surface area (Å²) in [5.41, 5.74) is 4.60. The van der Waals surface area contributed by atoms with Crippen LogP contribution in [0.25, 0.3) is 10.9 Å². The molecule has 0 spiro atoms. The van der Waals surface area contributed by atoms with Crippen LogP contribution in [0.2, 0.25) is 0 Å². The molecule has 2 unspecified atom stereocenters. The number of benzene rings is 1. The zero-order valence-corrected chi connectivity index (χ0v) is 15.2. The molecule has 26 heavy (non-hydrogen) atoms. The van der Waals surface area contributed by atoms with E-state index in [1.165, 1.54) is 11.3 Å². The van der Waals surface area contributed by atoms with Crippen LogP contribution in [0.15, 0.2) is 60.3 Å². The Labute approximate surface area is 153 Å². The molecule has 5 rings (SSSR count). The molecular formula is C22H23N3O. The minimum atomic E-state index is 0.0443. The highest BCUT2D eigenvalue weighted by atomic mass is 16.1. The summed E-state index contributed by atoms with van der Waals surface area (Å²) in [4.78, 5) is 13.4. The zero-order valence-electron chi connectivity index (χ0n) is 15.2. The fraction of sp³-hybridized carbons (Fsp3) is 0.318. The molecule has 132 valence electrons. The van der Waals surface area contributed by atoms with Crippen LogP contribution in [0.5, 0.6) is 0 Å². The van der Waals surface area contributed by atoms with Gasteiger partial charge in [-0.1, -0.05) is 42.5 Å². The molecule has 2 aromatic rings. The van der Waals surface area contributed by atoms with E-state index in [9.17, 15) is 4.79 Å². The van der Waals surface area contributed by atoms with E-state index in [1.807, 2.05) is 12.1 Å². The number of para-hydroxylation sites is 1. The predicted molar refractivity (Wildman–Crippen MR) is 104 cm³/mol. The summed E-state index contributed by atoms with van der Waals surface area (Å²) in [7, 11) is 4.15. The maximum Gasteiger partial charge on any atom is 0.169 e. The highest BCUT2D eigenvalue weighted by molar-refractivity contribution is 6.11. The van der Waals surface area contributed by atoms with E-state index >= 15 is 0 Å². The molecule has 1 aromatic carbocycles. The average molecular weight is 345 g/mol. The first-order chi connectivity index (χ1) is 12.6. The molecule has 0 saturated carbocycles. The monoisotopic (exact) mass is 345 g/mol. The normalized spacial score (nSPS) is 24.9. The van der Waals surface area contributed by atoms with Gasteiger partial charge in [-0.25, -0.2) is 5.01 Å². The lowest BCUT2D eigenvalue weighted by atomic mass is 9.84. The van der Waals surface area contributed by atoms with Gasteiger partial charge < -0.3 is 9.58 Å². The van der Waals surface area contributed by atoms with Gasteiger partial charge in [0.15, 0.2) is 5.78 Å². The number of aryl methyl sites for hydroxylation is 1. The smallest absolute Gasteiger partial charge is 0.169 e. The van der Waals surface area contributed by atoms with Crippen molar-refractivity contribution < 1.29 is 4.79 Å². The zero-order chi connectivity index (χ0) is 17.8. The molecular weight excluding hydrogens is 322 g/mol. The third-order valence-corrected chi connectivity index (χ3v) is 6.08. The van der Waals surface area contributed by atoms with E-state index < -0.39 is 0 Å². The number of ketones is 1. The summed E-state index contributed by atoms with van der Waals surface area (Å²) in [6.45, 7) is 0.765. The number of allylic oxidation sites excluding steroid dienone is 2. The minimum Gasteiger partial charge on any atom is -0.347 e. The largest absolute Gasteiger partial charge is 0.347 e. The number of carbonyl (C=O) groups excluding carboxylic acids is 1. The third-order valence-electron chi connectivity index (χ3n) is 6.08. The molecule has 0 N–H and O–H groups in total. The molecule has 0 amide bonds. The van der Waals surface area contributed by atoms with E-state index in [0.717, 1.165) is 35.9 Å². The van der Waals surface area contributed by atoms with Gasteiger partial charge >= 0.3 is 0 Å². The second-order valence-corrected chi connectivity index (χ2v) is 7.51. The standard InChI is InChI=1S/C22H23N3O/c1-23-13-15-7-3-5-9-18(15)25(23)14-16-11-12-20-21(22(16)26)17-8-4-6-10-19(17)24(20)2/h3-10,13,16,18H,11-12,14H2,1-2H3. The Morgan fingerprint density at radius 3 is 2.88 bits per heavy atom. The fourth-order valence-corrected chi connectivity index (χ4v) is 4.72. The first kappa shape index (κ1) is 15.6. The molecule has 2 atom stereocenters. The van der Waals surface area contributed by atoms with E-state index in [2.05, 4.69) is 71.3 Å². The van der Waals surface area contributed by atoms with Gasteiger partial charge in [-0.2, -0.15) is 0 Å². The van der Waals surface area contributed by atoms with Gasteiger partial charge in [0.1, 0.15) is 0 Å². The highest BCUT2D eigenvalue weighted by Crippen LogP contribution is 2.35. The molecule has 0 fully saturated rings. The molecule has 2 aliphatic carbocycles. The van der Waals surface area contributed by atoms with Crippen LogP contribution in [0.4, 0.5) is 0 Å². The maximum absolute atomic E-state index is 13.4. The van der Waals surface area contributed by atoms with E-state index in [4.69, 9.17) is 0 Å². The van der Waals surface area contributed by atoms with Crippen molar-refractivity contribution in [3.05, 3.63) is 71.6 Å². The SMILES string of the molecule is CN1C=C2C=CC=CC2N1CC1CCc2c(c3ccccc3n2C)C1=O. The Balaban J connectivity index is 1.47. The molecule has 0 bridgehead atoms. The summed E-state index contributed by atoms with van der Waals surface area (Å²) in [6, 6.07) is 8.53. The van der Waals surface area contributed by atoms with Crippen molar-refractivity contribution in [2.75, 3.05) is 13.6 Å². The average Bonchev–Trinajstić information content (AvgIpc) is 3.13. The second-order valence-electron chi connectivity index (χ2n) is 7.51. The molecule has 4 nitrogen and oxygen atoms in total. The lowest BCUT2D eigenvalue weighted by molar-refractivity contribution is 0.0326. The number of carbonyl (C=O) groups is 1.